The van der Waals surface area contributed by atoms with E-state index in [1.807, 2.05) is 4.72 Å². The van der Waals surface area contributed by atoms with Gasteiger partial charge >= 0.3 is 5.97 Å². The number of carbonyl (C=O) groups is 1. The van der Waals surface area contributed by atoms with E-state index in [4.69, 9.17) is 5.11 Å². The minimum absolute atomic E-state index is 0.0174. The van der Waals surface area contributed by atoms with Crippen LogP contribution in [0, 0.1) is 6.92 Å². The molecule has 96 valence electrons. The predicted octanol–water partition coefficient (Wildman–Crippen LogP) is -0.435. The molecule has 1 atom stereocenters. The summed E-state index contributed by atoms with van der Waals surface area (Å²) in [4.78, 5) is 14.4. The lowest BCUT2D eigenvalue weighted by atomic mass is 10.1. The summed E-state index contributed by atoms with van der Waals surface area (Å²) < 4.78 is 25.3. The van der Waals surface area contributed by atoms with Gasteiger partial charge in [-0.15, -0.1) is 11.3 Å². The normalized spacial score (nSPS) is 15.5. The number of hydrogen-bond donors (Lipinski definition) is 3. The summed E-state index contributed by atoms with van der Waals surface area (Å²) in [6.07, 6.45) is 1.18. The van der Waals surface area contributed by atoms with Crippen molar-refractivity contribution in [2.75, 3.05) is 6.54 Å². The molecule has 1 aromatic heterocycles. The Balaban J connectivity index is 2.79. The quantitative estimate of drug-likeness (QED) is 0.673. The maximum atomic E-state index is 11.7. The molecule has 1 rings (SSSR count). The summed E-state index contributed by atoms with van der Waals surface area (Å²) in [5, 5.41) is 18.6. The van der Waals surface area contributed by atoms with Crippen LogP contribution in [0.3, 0.4) is 0 Å². The number of nitrogens with one attached hydrogen (secondary N) is 1. The highest BCUT2D eigenvalue weighted by atomic mass is 32.2. The number of aliphatic carboxylic acids is 1. The van der Waals surface area contributed by atoms with Gasteiger partial charge in [0.05, 0.1) is 17.7 Å². The molecule has 17 heavy (non-hydrogen) atoms. The van der Waals surface area contributed by atoms with Gasteiger partial charge in [-0.05, 0) is 13.8 Å². The van der Waals surface area contributed by atoms with Crippen LogP contribution in [0.15, 0.2) is 10.4 Å². The number of carboxylic acids is 1. The van der Waals surface area contributed by atoms with E-state index < -0.39 is 28.1 Å². The van der Waals surface area contributed by atoms with Gasteiger partial charge in [0.2, 0.25) is 0 Å². The van der Waals surface area contributed by atoms with Gasteiger partial charge in [-0.2, -0.15) is 0 Å². The number of nitrogens with zero attached hydrogens (tertiary/aromatic N) is 1. The number of carboxylic acid groups (broad SMARTS) is 1. The fraction of sp³-hybridized carbons (Fsp3) is 0.500. The van der Waals surface area contributed by atoms with E-state index in [0.29, 0.717) is 5.01 Å². The standard InChI is InChI=1S/C8H12N2O5S2/c1-5-9-3-6(16-5)17(14,15)10-4-8(2,13)7(11)12/h3,10,13H,4H2,1-2H3,(H,11,12). The van der Waals surface area contributed by atoms with E-state index in [1.54, 1.807) is 6.92 Å². The molecule has 0 aliphatic heterocycles. The third-order valence-electron chi connectivity index (χ3n) is 1.93. The van der Waals surface area contributed by atoms with E-state index in [9.17, 15) is 18.3 Å². The lowest BCUT2D eigenvalue weighted by Crippen LogP contribution is -2.46. The summed E-state index contributed by atoms with van der Waals surface area (Å²) in [5.74, 6) is -1.50. The molecular weight excluding hydrogens is 268 g/mol. The Kier molecular flexibility index (Phi) is 3.87. The first kappa shape index (κ1) is 14.0. The highest BCUT2D eigenvalue weighted by molar-refractivity contribution is 7.91. The second kappa shape index (κ2) is 4.69. The largest absolute Gasteiger partial charge is 0.479 e. The second-order valence-corrected chi connectivity index (χ2v) is 6.83. The maximum absolute atomic E-state index is 11.7. The van der Waals surface area contributed by atoms with Crippen LogP contribution < -0.4 is 4.72 Å². The van der Waals surface area contributed by atoms with Gasteiger partial charge < -0.3 is 10.2 Å². The molecule has 0 radical (unpaired) electrons. The van der Waals surface area contributed by atoms with Crippen molar-refractivity contribution in [1.82, 2.24) is 9.71 Å². The Morgan fingerprint density at radius 3 is 2.65 bits per heavy atom. The van der Waals surface area contributed by atoms with Gasteiger partial charge in [-0.1, -0.05) is 0 Å². The second-order valence-electron chi connectivity index (χ2n) is 3.60. The topological polar surface area (TPSA) is 117 Å². The third-order valence-corrected chi connectivity index (χ3v) is 4.71. The SMILES string of the molecule is Cc1ncc(S(=O)(=O)NCC(C)(O)C(=O)O)s1. The van der Waals surface area contributed by atoms with Crippen molar-refractivity contribution in [3.63, 3.8) is 0 Å². The van der Waals surface area contributed by atoms with Gasteiger partial charge in [0.15, 0.2) is 9.81 Å². The van der Waals surface area contributed by atoms with Crippen molar-refractivity contribution in [2.45, 2.75) is 23.7 Å². The molecule has 1 heterocycles. The molecule has 9 heteroatoms. The van der Waals surface area contributed by atoms with E-state index in [0.717, 1.165) is 18.3 Å². The molecule has 0 bridgehead atoms. The Morgan fingerprint density at radius 1 is 1.65 bits per heavy atom. The molecule has 0 saturated heterocycles. The van der Waals surface area contributed by atoms with Crippen molar-refractivity contribution in [3.8, 4) is 0 Å². The first-order valence-corrected chi connectivity index (χ1v) is 6.83. The minimum Gasteiger partial charge on any atom is -0.479 e. The van der Waals surface area contributed by atoms with Gasteiger partial charge in [-0.25, -0.2) is 22.9 Å². The van der Waals surface area contributed by atoms with Crippen LogP contribution in [-0.2, 0) is 14.8 Å². The van der Waals surface area contributed by atoms with Gasteiger partial charge in [0.1, 0.15) is 0 Å². The fourth-order valence-electron chi connectivity index (χ4n) is 0.848. The zero-order valence-electron chi connectivity index (χ0n) is 9.17. The summed E-state index contributed by atoms with van der Waals surface area (Å²) in [5.41, 5.74) is -2.15. The number of hydrogen-bond acceptors (Lipinski definition) is 6. The highest BCUT2D eigenvalue weighted by Crippen LogP contribution is 2.17. The number of sulfonamides is 1. The number of thiazole rings is 1. The Hall–Kier alpha value is -1.03. The van der Waals surface area contributed by atoms with Crippen molar-refractivity contribution in [2.24, 2.45) is 0 Å². The number of rotatable bonds is 5. The third kappa shape index (κ3) is 3.46. The van der Waals surface area contributed by atoms with Crippen molar-refractivity contribution >= 4 is 27.3 Å². The van der Waals surface area contributed by atoms with E-state index in [2.05, 4.69) is 4.98 Å². The van der Waals surface area contributed by atoms with E-state index in [1.165, 1.54) is 6.20 Å². The maximum Gasteiger partial charge on any atom is 0.336 e. The zero-order chi connectivity index (χ0) is 13.3. The summed E-state index contributed by atoms with van der Waals surface area (Å²) in [6, 6.07) is 0. The predicted molar refractivity (Wildman–Crippen MR) is 60.3 cm³/mol. The molecule has 0 spiro atoms. The number of aliphatic hydroxyl groups is 1. The lowest BCUT2D eigenvalue weighted by molar-refractivity contribution is -0.155. The van der Waals surface area contributed by atoms with Crippen molar-refractivity contribution in [1.29, 1.82) is 0 Å². The van der Waals surface area contributed by atoms with Crippen LogP contribution in [0.2, 0.25) is 0 Å². The molecule has 7 nitrogen and oxygen atoms in total. The molecule has 1 aromatic rings. The van der Waals surface area contributed by atoms with Crippen LogP contribution in [0.25, 0.3) is 0 Å². The molecule has 0 amide bonds. The average Bonchev–Trinajstić information content (AvgIpc) is 2.63. The smallest absolute Gasteiger partial charge is 0.336 e. The highest BCUT2D eigenvalue weighted by Gasteiger charge is 2.32. The summed E-state index contributed by atoms with van der Waals surface area (Å²) in [7, 11) is -3.82. The van der Waals surface area contributed by atoms with Crippen LogP contribution in [0.4, 0.5) is 0 Å². The van der Waals surface area contributed by atoms with Crippen LogP contribution in [0.1, 0.15) is 11.9 Å². The molecule has 0 aromatic carbocycles. The van der Waals surface area contributed by atoms with Gasteiger partial charge in [0.25, 0.3) is 10.0 Å². The van der Waals surface area contributed by atoms with Crippen LogP contribution in [0.5, 0.6) is 0 Å². The Bertz CT molecular complexity index is 520. The molecule has 1 unspecified atom stereocenters. The molecule has 0 fully saturated rings. The average molecular weight is 280 g/mol. The molecular formula is C8H12N2O5S2. The van der Waals surface area contributed by atoms with Crippen LogP contribution in [-0.4, -0.2) is 41.7 Å². The Morgan fingerprint density at radius 2 is 2.24 bits per heavy atom. The van der Waals surface area contributed by atoms with Gasteiger partial charge in [0, 0.05) is 0 Å². The Labute approximate surface area is 102 Å². The van der Waals surface area contributed by atoms with E-state index in [-0.39, 0.29) is 4.21 Å². The molecule has 3 N–H and O–H groups in total. The monoisotopic (exact) mass is 280 g/mol. The molecule has 0 saturated carbocycles. The van der Waals surface area contributed by atoms with Crippen molar-refractivity contribution in [3.05, 3.63) is 11.2 Å². The zero-order valence-corrected chi connectivity index (χ0v) is 10.8. The first-order valence-electron chi connectivity index (χ1n) is 4.53. The molecule has 0 aliphatic carbocycles. The first-order chi connectivity index (χ1) is 7.65. The van der Waals surface area contributed by atoms with Crippen LogP contribution >= 0.6 is 11.3 Å². The number of aryl methyl sites for hydroxylation is 1. The summed E-state index contributed by atoms with van der Waals surface area (Å²) >= 11 is 0.963. The summed E-state index contributed by atoms with van der Waals surface area (Å²) in [6.45, 7) is 2.05. The van der Waals surface area contributed by atoms with Gasteiger partial charge in [-0.3, -0.25) is 0 Å². The minimum atomic E-state index is -3.82. The van der Waals surface area contributed by atoms with E-state index >= 15 is 0 Å². The molecule has 0 aliphatic rings. The van der Waals surface area contributed by atoms with Crippen molar-refractivity contribution < 1.29 is 23.4 Å². The fourth-order valence-corrected chi connectivity index (χ4v) is 3.13. The lowest BCUT2D eigenvalue weighted by Gasteiger charge is -2.17. The number of aromatic nitrogens is 1.